The number of aliphatic carboxylic acids is 1. The minimum absolute atomic E-state index is 0.0318. The lowest BCUT2D eigenvalue weighted by molar-refractivity contribution is -0.151. The van der Waals surface area contributed by atoms with Gasteiger partial charge in [0, 0.05) is 43.0 Å². The number of fused-ring (bicyclic) bond motifs is 3. The van der Waals surface area contributed by atoms with E-state index in [-0.39, 0.29) is 25.0 Å². The minimum Gasteiger partial charge on any atom is -0.497 e. The van der Waals surface area contributed by atoms with Gasteiger partial charge in [0.1, 0.15) is 23.5 Å². The van der Waals surface area contributed by atoms with E-state index < -0.39 is 11.4 Å². The van der Waals surface area contributed by atoms with Crippen LogP contribution in [-0.2, 0) is 4.79 Å². The zero-order valence-corrected chi connectivity index (χ0v) is 13.7. The molecule has 4 rings (SSSR count). The fourth-order valence-corrected chi connectivity index (χ4v) is 3.79. The molecule has 2 aliphatic rings. The summed E-state index contributed by atoms with van der Waals surface area (Å²) >= 11 is 0. The van der Waals surface area contributed by atoms with Gasteiger partial charge in [-0.3, -0.25) is 9.59 Å². The Kier molecular flexibility index (Phi) is 3.45. The summed E-state index contributed by atoms with van der Waals surface area (Å²) in [7, 11) is 1.57. The Morgan fingerprint density at radius 2 is 2.24 bits per heavy atom. The monoisotopic (exact) mass is 342 g/mol. The van der Waals surface area contributed by atoms with Crippen LogP contribution in [0.2, 0.25) is 0 Å². The number of nitrogens with zero attached hydrogens (tertiary/aromatic N) is 1. The van der Waals surface area contributed by atoms with Crippen LogP contribution in [0, 0.1) is 5.41 Å². The third-order valence-electron chi connectivity index (χ3n) is 5.18. The topological polar surface area (TPSA) is 91.9 Å². The second-order valence-corrected chi connectivity index (χ2v) is 6.49. The number of carbonyl (C=O) groups excluding carboxylic acids is 1. The van der Waals surface area contributed by atoms with Gasteiger partial charge < -0.3 is 24.5 Å². The van der Waals surface area contributed by atoms with E-state index in [1.807, 2.05) is 6.07 Å². The van der Waals surface area contributed by atoms with Gasteiger partial charge in [-0.05, 0) is 12.1 Å². The van der Waals surface area contributed by atoms with Crippen LogP contribution >= 0.6 is 0 Å². The summed E-state index contributed by atoms with van der Waals surface area (Å²) in [5.74, 6) is -0.158. The van der Waals surface area contributed by atoms with E-state index in [0.29, 0.717) is 23.6 Å². The first-order valence-corrected chi connectivity index (χ1v) is 8.01. The fourth-order valence-electron chi connectivity index (χ4n) is 3.79. The summed E-state index contributed by atoms with van der Waals surface area (Å²) in [6, 6.07) is 7.07. The first-order valence-electron chi connectivity index (χ1n) is 8.01. The number of likely N-dealkylation sites (tertiary alicyclic amines) is 1. The first kappa shape index (κ1) is 15.6. The highest BCUT2D eigenvalue weighted by Crippen LogP contribution is 2.50. The van der Waals surface area contributed by atoms with Crippen molar-refractivity contribution in [3.63, 3.8) is 0 Å². The Bertz CT molecular complexity index is 832. The molecule has 1 aromatic carbocycles. The standard InChI is InChI=1S/C18H18N2O5/c1-24-12-2-3-13-14-8-20(16(21)11-4-5-19-7-11)9-18(14,17(22)23)10-25-15(13)6-12/h2-7,14,19H,8-10H2,1H3,(H,22,23)/t14?,18-/m1/s1. The molecule has 25 heavy (non-hydrogen) atoms. The molecular formula is C18H18N2O5. The molecule has 1 saturated heterocycles. The predicted molar refractivity (Wildman–Crippen MR) is 88.0 cm³/mol. The van der Waals surface area contributed by atoms with Crippen molar-refractivity contribution in [2.45, 2.75) is 5.92 Å². The number of hydrogen-bond donors (Lipinski definition) is 2. The van der Waals surface area contributed by atoms with Crippen LogP contribution in [0.5, 0.6) is 11.5 Å². The van der Waals surface area contributed by atoms with Crippen molar-refractivity contribution >= 4 is 11.9 Å². The van der Waals surface area contributed by atoms with E-state index in [4.69, 9.17) is 9.47 Å². The number of nitrogens with one attached hydrogen (secondary N) is 1. The number of H-pyrrole nitrogens is 1. The van der Waals surface area contributed by atoms with Crippen LogP contribution in [0.4, 0.5) is 0 Å². The summed E-state index contributed by atoms with van der Waals surface area (Å²) in [5.41, 5.74) is 0.196. The number of carboxylic acid groups (broad SMARTS) is 1. The van der Waals surface area contributed by atoms with Crippen molar-refractivity contribution in [2.75, 3.05) is 26.8 Å². The molecule has 1 amide bonds. The molecule has 2 atom stereocenters. The Morgan fingerprint density at radius 1 is 1.40 bits per heavy atom. The molecule has 7 nitrogen and oxygen atoms in total. The molecule has 2 aliphatic heterocycles. The summed E-state index contributed by atoms with van der Waals surface area (Å²) in [6.45, 7) is 0.506. The smallest absolute Gasteiger partial charge is 0.315 e. The van der Waals surface area contributed by atoms with E-state index in [9.17, 15) is 14.7 Å². The van der Waals surface area contributed by atoms with Gasteiger partial charge in [-0.1, -0.05) is 6.07 Å². The Morgan fingerprint density at radius 3 is 2.92 bits per heavy atom. The highest BCUT2D eigenvalue weighted by atomic mass is 16.5. The summed E-state index contributed by atoms with van der Waals surface area (Å²) in [4.78, 5) is 29.2. The quantitative estimate of drug-likeness (QED) is 0.886. The zero-order valence-electron chi connectivity index (χ0n) is 13.7. The summed E-state index contributed by atoms with van der Waals surface area (Å²) in [6.07, 6.45) is 3.29. The number of hydrogen-bond acceptors (Lipinski definition) is 4. The van der Waals surface area contributed by atoms with E-state index >= 15 is 0 Å². The molecule has 1 unspecified atom stereocenters. The van der Waals surface area contributed by atoms with Crippen LogP contribution in [0.3, 0.4) is 0 Å². The van der Waals surface area contributed by atoms with Crippen LogP contribution < -0.4 is 9.47 Å². The molecule has 1 fully saturated rings. The maximum absolute atomic E-state index is 12.7. The van der Waals surface area contributed by atoms with Gasteiger partial charge in [0.15, 0.2) is 0 Å². The summed E-state index contributed by atoms with van der Waals surface area (Å²) < 4.78 is 11.0. The second-order valence-electron chi connectivity index (χ2n) is 6.49. The van der Waals surface area contributed by atoms with E-state index in [2.05, 4.69) is 4.98 Å². The Hall–Kier alpha value is -2.96. The SMILES string of the molecule is COc1ccc2c(c1)OC[C@]1(C(=O)O)CN(C(=O)c3cc[nH]c3)CC21. The van der Waals surface area contributed by atoms with Gasteiger partial charge in [-0.15, -0.1) is 0 Å². The number of benzene rings is 1. The minimum atomic E-state index is -1.13. The number of ether oxygens (including phenoxy) is 2. The molecule has 130 valence electrons. The van der Waals surface area contributed by atoms with Crippen molar-refractivity contribution in [3.8, 4) is 11.5 Å². The molecule has 2 aromatic rings. The largest absolute Gasteiger partial charge is 0.497 e. The lowest BCUT2D eigenvalue weighted by Gasteiger charge is -2.35. The number of aromatic nitrogens is 1. The van der Waals surface area contributed by atoms with Gasteiger partial charge in [0.2, 0.25) is 0 Å². The lowest BCUT2D eigenvalue weighted by atomic mass is 9.73. The number of methoxy groups -OCH3 is 1. The average Bonchev–Trinajstić information content (AvgIpc) is 3.28. The third-order valence-corrected chi connectivity index (χ3v) is 5.18. The number of aromatic amines is 1. The summed E-state index contributed by atoms with van der Waals surface area (Å²) in [5, 5.41) is 9.91. The van der Waals surface area contributed by atoms with Crippen molar-refractivity contribution in [1.82, 2.24) is 9.88 Å². The molecule has 3 heterocycles. The van der Waals surface area contributed by atoms with Gasteiger partial charge in [-0.25, -0.2) is 0 Å². The lowest BCUT2D eigenvalue weighted by Crippen LogP contribution is -2.46. The van der Waals surface area contributed by atoms with E-state index in [1.54, 1.807) is 42.6 Å². The maximum Gasteiger partial charge on any atom is 0.315 e. The highest BCUT2D eigenvalue weighted by molar-refractivity contribution is 5.95. The van der Waals surface area contributed by atoms with E-state index in [1.165, 1.54) is 0 Å². The van der Waals surface area contributed by atoms with Crippen LogP contribution in [0.15, 0.2) is 36.7 Å². The van der Waals surface area contributed by atoms with Gasteiger partial charge in [0.05, 0.1) is 12.7 Å². The fraction of sp³-hybridized carbons (Fsp3) is 0.333. The highest BCUT2D eigenvalue weighted by Gasteiger charge is 2.57. The molecule has 2 N–H and O–H groups in total. The second kappa shape index (κ2) is 5.54. The van der Waals surface area contributed by atoms with Crippen molar-refractivity contribution in [2.24, 2.45) is 5.41 Å². The molecule has 0 bridgehead atoms. The van der Waals surface area contributed by atoms with E-state index in [0.717, 1.165) is 5.56 Å². The molecule has 7 heteroatoms. The van der Waals surface area contributed by atoms with Crippen molar-refractivity contribution in [3.05, 3.63) is 47.8 Å². The maximum atomic E-state index is 12.7. The van der Waals surface area contributed by atoms with Crippen molar-refractivity contribution < 1.29 is 24.2 Å². The number of rotatable bonds is 3. The number of amides is 1. The first-order chi connectivity index (χ1) is 12.0. The van der Waals surface area contributed by atoms with Gasteiger partial charge >= 0.3 is 5.97 Å². The van der Waals surface area contributed by atoms with Gasteiger partial charge in [0.25, 0.3) is 5.91 Å². The molecule has 0 aliphatic carbocycles. The zero-order chi connectivity index (χ0) is 17.6. The number of carboxylic acids is 1. The van der Waals surface area contributed by atoms with Crippen LogP contribution in [0.1, 0.15) is 21.8 Å². The van der Waals surface area contributed by atoms with Crippen LogP contribution in [-0.4, -0.2) is 53.7 Å². The van der Waals surface area contributed by atoms with Crippen molar-refractivity contribution in [1.29, 1.82) is 0 Å². The van der Waals surface area contributed by atoms with Gasteiger partial charge in [-0.2, -0.15) is 0 Å². The van der Waals surface area contributed by atoms with Crippen LogP contribution in [0.25, 0.3) is 0 Å². The Labute approximate surface area is 144 Å². The normalized spacial score (nSPS) is 24.2. The molecule has 0 spiro atoms. The predicted octanol–water partition coefficient (Wildman–Crippen LogP) is 1.73. The molecule has 0 saturated carbocycles. The molecule has 1 aromatic heterocycles. The molecular weight excluding hydrogens is 324 g/mol. The average molecular weight is 342 g/mol. The third kappa shape index (κ3) is 2.26. The Balaban J connectivity index is 1.72. The molecule has 0 radical (unpaired) electrons. The number of carbonyl (C=O) groups is 2.